The molecule has 3 rings (SSSR count). The Hall–Kier alpha value is -4.14. The van der Waals surface area contributed by atoms with Gasteiger partial charge < -0.3 is 33.5 Å². The van der Waals surface area contributed by atoms with Crippen molar-refractivity contribution in [2.75, 3.05) is 35.5 Å². The monoisotopic (exact) mass is 442 g/mol. The van der Waals surface area contributed by atoms with Crippen LogP contribution in [-0.2, 0) is 19.1 Å². The minimum Gasteiger partial charge on any atom is -0.504 e. The molecule has 1 heterocycles. The maximum atomic E-state index is 12.7. The summed E-state index contributed by atoms with van der Waals surface area (Å²) in [5.41, 5.74) is 0.312. The lowest BCUT2D eigenvalue weighted by molar-refractivity contribution is -0.134. The normalized spacial score (nSPS) is 14.6. The summed E-state index contributed by atoms with van der Waals surface area (Å²) < 4.78 is 31.1. The summed E-state index contributed by atoms with van der Waals surface area (Å²) in [6, 6.07) is 9.29. The number of carbonyl (C=O) groups is 2. The molecule has 9 nitrogen and oxygen atoms in total. The van der Waals surface area contributed by atoms with Gasteiger partial charge in [0.25, 0.3) is 0 Å². The molecule has 0 bridgehead atoms. The first-order valence-electron chi connectivity index (χ1n) is 9.33. The number of aliphatic hydroxyl groups is 1. The van der Waals surface area contributed by atoms with Gasteiger partial charge in [-0.2, -0.15) is 0 Å². The number of methoxy groups -OCH3 is 5. The Labute approximate surface area is 184 Å². The molecule has 0 aliphatic carbocycles. The van der Waals surface area contributed by atoms with Crippen molar-refractivity contribution in [3.63, 3.8) is 0 Å². The van der Waals surface area contributed by atoms with E-state index in [1.165, 1.54) is 47.7 Å². The molecule has 0 fully saturated rings. The number of hydrogen-bond donors (Lipinski definition) is 1. The van der Waals surface area contributed by atoms with Gasteiger partial charge >= 0.3 is 11.9 Å². The number of hydrogen-bond acceptors (Lipinski definition) is 9. The summed E-state index contributed by atoms with van der Waals surface area (Å²) in [6.07, 6.45) is 0. The lowest BCUT2D eigenvalue weighted by Crippen LogP contribution is -2.09. The van der Waals surface area contributed by atoms with E-state index in [0.29, 0.717) is 28.6 Å². The van der Waals surface area contributed by atoms with E-state index >= 15 is 0 Å². The van der Waals surface area contributed by atoms with E-state index in [9.17, 15) is 14.7 Å². The van der Waals surface area contributed by atoms with Crippen LogP contribution < -0.4 is 18.9 Å². The van der Waals surface area contributed by atoms with Crippen molar-refractivity contribution in [2.45, 2.75) is 0 Å². The third-order valence-electron chi connectivity index (χ3n) is 4.81. The summed E-state index contributed by atoms with van der Waals surface area (Å²) in [7, 11) is 7.01. The van der Waals surface area contributed by atoms with Crippen LogP contribution in [0.2, 0.25) is 0 Å². The van der Waals surface area contributed by atoms with Crippen molar-refractivity contribution in [3.05, 3.63) is 59.0 Å². The van der Waals surface area contributed by atoms with Crippen LogP contribution in [0.25, 0.3) is 11.1 Å². The number of rotatable bonds is 7. The van der Waals surface area contributed by atoms with Gasteiger partial charge in [0, 0.05) is 0 Å². The number of aliphatic hydroxyl groups excluding tert-OH is 1. The average Bonchev–Trinajstić information content (AvgIpc) is 3.11. The Bertz CT molecular complexity index is 1130. The van der Waals surface area contributed by atoms with Crippen molar-refractivity contribution in [1.82, 2.24) is 0 Å². The first-order valence-corrected chi connectivity index (χ1v) is 9.33. The highest BCUT2D eigenvalue weighted by molar-refractivity contribution is 6.25. The molecule has 9 heteroatoms. The van der Waals surface area contributed by atoms with Crippen LogP contribution >= 0.6 is 0 Å². The summed E-state index contributed by atoms with van der Waals surface area (Å²) in [4.78, 5) is 25.3. The fourth-order valence-corrected chi connectivity index (χ4v) is 3.25. The molecule has 168 valence electrons. The standard InChI is InChI=1S/C23H22O9/c1-27-14-8-6-12(10-16(14)29-3)18-20(24)21(32-23(18)26)19(22(25)31-5)13-7-9-15(28-2)17(11-13)30-4/h6-11,24H,1-5H3/b21-19+. The molecule has 1 aliphatic rings. The molecule has 2 aromatic rings. The number of benzene rings is 2. The van der Waals surface area contributed by atoms with Crippen LogP contribution in [0.5, 0.6) is 23.0 Å². The number of cyclic esters (lactones) is 1. The third-order valence-corrected chi connectivity index (χ3v) is 4.81. The van der Waals surface area contributed by atoms with Gasteiger partial charge in [-0.1, -0.05) is 12.1 Å². The Balaban J connectivity index is 2.22. The highest BCUT2D eigenvalue weighted by Gasteiger charge is 2.36. The molecule has 0 saturated carbocycles. The Morgan fingerprint density at radius 2 is 1.38 bits per heavy atom. The molecular formula is C23H22O9. The number of carbonyl (C=O) groups excluding carboxylic acids is 2. The molecule has 0 amide bonds. The molecule has 0 radical (unpaired) electrons. The quantitative estimate of drug-likeness (QED) is 0.511. The fourth-order valence-electron chi connectivity index (χ4n) is 3.25. The van der Waals surface area contributed by atoms with Crippen LogP contribution in [0.4, 0.5) is 0 Å². The highest BCUT2D eigenvalue weighted by Crippen LogP contribution is 2.40. The average molecular weight is 442 g/mol. The maximum Gasteiger partial charge on any atom is 0.348 e. The number of esters is 2. The third kappa shape index (κ3) is 3.92. The summed E-state index contributed by atoms with van der Waals surface area (Å²) in [5, 5.41) is 10.9. The van der Waals surface area contributed by atoms with E-state index in [0.717, 1.165) is 0 Å². The van der Waals surface area contributed by atoms with Gasteiger partial charge in [0.1, 0.15) is 11.1 Å². The molecule has 32 heavy (non-hydrogen) atoms. The van der Waals surface area contributed by atoms with Crippen LogP contribution in [0.15, 0.2) is 47.9 Å². The van der Waals surface area contributed by atoms with Gasteiger partial charge in [-0.25, -0.2) is 9.59 Å². The summed E-state index contributed by atoms with van der Waals surface area (Å²) >= 11 is 0. The highest BCUT2D eigenvalue weighted by atomic mass is 16.6. The SMILES string of the molecule is COC(=O)/C(=C1/OC(=O)C(c2ccc(OC)c(OC)c2)=C1O)c1ccc(OC)c(OC)c1. The van der Waals surface area contributed by atoms with E-state index in [1.807, 2.05) is 0 Å². The Kier molecular flexibility index (Phi) is 6.58. The zero-order valence-corrected chi connectivity index (χ0v) is 18.2. The van der Waals surface area contributed by atoms with E-state index in [-0.39, 0.29) is 22.5 Å². The topological polar surface area (TPSA) is 110 Å². The Morgan fingerprint density at radius 1 is 0.812 bits per heavy atom. The second-order valence-electron chi connectivity index (χ2n) is 6.45. The molecule has 1 aliphatic heterocycles. The van der Waals surface area contributed by atoms with E-state index in [2.05, 4.69) is 0 Å². The summed E-state index contributed by atoms with van der Waals surface area (Å²) in [5.74, 6) is -0.953. The molecule has 0 spiro atoms. The van der Waals surface area contributed by atoms with Crippen molar-refractivity contribution >= 4 is 23.1 Å². The predicted molar refractivity (Wildman–Crippen MR) is 114 cm³/mol. The first-order chi connectivity index (χ1) is 15.4. The minimum absolute atomic E-state index is 0.136. The maximum absolute atomic E-state index is 12.7. The van der Waals surface area contributed by atoms with Gasteiger partial charge in [0.2, 0.25) is 0 Å². The van der Waals surface area contributed by atoms with E-state index in [4.69, 9.17) is 28.4 Å². The van der Waals surface area contributed by atoms with Crippen LogP contribution in [0, 0.1) is 0 Å². The number of ether oxygens (including phenoxy) is 6. The van der Waals surface area contributed by atoms with Gasteiger partial charge in [-0.3, -0.25) is 0 Å². The Morgan fingerprint density at radius 3 is 1.94 bits per heavy atom. The molecule has 0 aromatic heterocycles. The fraction of sp³-hybridized carbons (Fsp3) is 0.217. The lowest BCUT2D eigenvalue weighted by atomic mass is 10.0. The molecule has 0 unspecified atom stereocenters. The van der Waals surface area contributed by atoms with E-state index < -0.39 is 17.7 Å². The van der Waals surface area contributed by atoms with Crippen molar-refractivity contribution in [1.29, 1.82) is 0 Å². The second kappa shape index (κ2) is 9.34. The zero-order chi connectivity index (χ0) is 23.4. The second-order valence-corrected chi connectivity index (χ2v) is 6.45. The predicted octanol–water partition coefficient (Wildman–Crippen LogP) is 3.13. The molecule has 2 aromatic carbocycles. The van der Waals surface area contributed by atoms with Crippen molar-refractivity contribution in [3.8, 4) is 23.0 Å². The van der Waals surface area contributed by atoms with Gasteiger partial charge in [-0.15, -0.1) is 0 Å². The zero-order valence-electron chi connectivity index (χ0n) is 18.2. The van der Waals surface area contributed by atoms with Crippen LogP contribution in [0.1, 0.15) is 11.1 Å². The molecule has 0 atom stereocenters. The van der Waals surface area contributed by atoms with Gasteiger partial charge in [0.15, 0.2) is 34.5 Å². The van der Waals surface area contributed by atoms with Gasteiger partial charge in [0.05, 0.1) is 35.5 Å². The summed E-state index contributed by atoms with van der Waals surface area (Å²) in [6.45, 7) is 0. The molecular weight excluding hydrogens is 420 g/mol. The lowest BCUT2D eigenvalue weighted by Gasteiger charge is -2.12. The smallest absolute Gasteiger partial charge is 0.348 e. The van der Waals surface area contributed by atoms with Crippen molar-refractivity contribution < 1.29 is 43.1 Å². The first kappa shape index (κ1) is 22.5. The van der Waals surface area contributed by atoms with Crippen molar-refractivity contribution in [2.24, 2.45) is 0 Å². The molecule has 0 saturated heterocycles. The van der Waals surface area contributed by atoms with E-state index in [1.54, 1.807) is 24.3 Å². The molecule has 1 N–H and O–H groups in total. The van der Waals surface area contributed by atoms with Gasteiger partial charge in [-0.05, 0) is 35.4 Å². The van der Waals surface area contributed by atoms with Crippen LogP contribution in [-0.4, -0.2) is 52.6 Å². The largest absolute Gasteiger partial charge is 0.504 e. The van der Waals surface area contributed by atoms with Crippen LogP contribution in [0.3, 0.4) is 0 Å². The minimum atomic E-state index is -0.841.